The van der Waals surface area contributed by atoms with E-state index in [0.29, 0.717) is 18.6 Å². The molecule has 17 heavy (non-hydrogen) atoms. The van der Waals surface area contributed by atoms with Gasteiger partial charge in [0.1, 0.15) is 6.04 Å². The van der Waals surface area contributed by atoms with Crippen LogP contribution in [-0.2, 0) is 9.53 Å². The van der Waals surface area contributed by atoms with Gasteiger partial charge in [-0.2, -0.15) is 0 Å². The molecule has 0 aliphatic heterocycles. The summed E-state index contributed by atoms with van der Waals surface area (Å²) in [4.78, 5) is 23.0. The van der Waals surface area contributed by atoms with Crippen molar-refractivity contribution in [1.82, 2.24) is 0 Å². The van der Waals surface area contributed by atoms with Gasteiger partial charge in [-0.05, 0) is 13.3 Å². The molecule has 0 aliphatic rings. The van der Waals surface area contributed by atoms with E-state index in [1.54, 1.807) is 31.2 Å². The molecule has 0 fully saturated rings. The molecule has 1 unspecified atom stereocenters. The second-order valence-electron chi connectivity index (χ2n) is 3.69. The molecule has 0 spiro atoms. The van der Waals surface area contributed by atoms with Crippen molar-refractivity contribution in [2.45, 2.75) is 25.8 Å². The highest BCUT2D eigenvalue weighted by Gasteiger charge is 2.16. The van der Waals surface area contributed by atoms with E-state index in [4.69, 9.17) is 10.5 Å². The van der Waals surface area contributed by atoms with Gasteiger partial charge in [0.05, 0.1) is 6.61 Å². The first-order valence-electron chi connectivity index (χ1n) is 5.65. The predicted molar refractivity (Wildman–Crippen MR) is 64.6 cm³/mol. The number of Topliss-reactive ketones (excluding diaryl/α,β-unsaturated/α-hetero) is 1. The Morgan fingerprint density at radius 3 is 2.53 bits per heavy atom. The third-order valence-corrected chi connectivity index (χ3v) is 2.37. The Bertz CT molecular complexity index is 376. The first-order chi connectivity index (χ1) is 8.15. The highest BCUT2D eigenvalue weighted by molar-refractivity contribution is 5.96. The van der Waals surface area contributed by atoms with Crippen LogP contribution in [0.5, 0.6) is 0 Å². The fraction of sp³-hybridized carbons (Fsp3) is 0.385. The minimum absolute atomic E-state index is 0.00894. The summed E-state index contributed by atoms with van der Waals surface area (Å²) in [5.41, 5.74) is 6.25. The molecule has 1 rings (SSSR count). The van der Waals surface area contributed by atoms with Gasteiger partial charge in [0, 0.05) is 12.0 Å². The standard InChI is InChI=1S/C13H17NO3/c1-2-17-13(16)11(14)8-9-12(15)10-6-4-3-5-7-10/h3-7,11H,2,8-9,14H2,1H3. The van der Waals surface area contributed by atoms with Crippen molar-refractivity contribution >= 4 is 11.8 Å². The lowest BCUT2D eigenvalue weighted by Crippen LogP contribution is -2.32. The van der Waals surface area contributed by atoms with Gasteiger partial charge < -0.3 is 10.5 Å². The van der Waals surface area contributed by atoms with Gasteiger partial charge in [0.2, 0.25) is 0 Å². The molecular formula is C13H17NO3. The number of ketones is 1. The average Bonchev–Trinajstić information content (AvgIpc) is 2.36. The minimum Gasteiger partial charge on any atom is -0.465 e. The number of carbonyl (C=O) groups excluding carboxylic acids is 2. The Hall–Kier alpha value is -1.68. The van der Waals surface area contributed by atoms with Gasteiger partial charge >= 0.3 is 5.97 Å². The van der Waals surface area contributed by atoms with E-state index >= 15 is 0 Å². The van der Waals surface area contributed by atoms with Crippen LogP contribution in [0.2, 0.25) is 0 Å². The topological polar surface area (TPSA) is 69.4 Å². The van der Waals surface area contributed by atoms with Crippen LogP contribution in [-0.4, -0.2) is 24.4 Å². The van der Waals surface area contributed by atoms with E-state index in [9.17, 15) is 9.59 Å². The molecule has 0 saturated heterocycles. The molecule has 0 radical (unpaired) electrons. The van der Waals surface area contributed by atoms with E-state index < -0.39 is 12.0 Å². The lowest BCUT2D eigenvalue weighted by atomic mass is 10.0. The van der Waals surface area contributed by atoms with E-state index in [1.807, 2.05) is 6.07 Å². The van der Waals surface area contributed by atoms with Crippen LogP contribution in [0.3, 0.4) is 0 Å². The van der Waals surface area contributed by atoms with Crippen molar-refractivity contribution in [3.05, 3.63) is 35.9 Å². The molecule has 0 aliphatic carbocycles. The Morgan fingerprint density at radius 2 is 1.94 bits per heavy atom. The third-order valence-electron chi connectivity index (χ3n) is 2.37. The van der Waals surface area contributed by atoms with Crippen LogP contribution in [0.25, 0.3) is 0 Å². The zero-order valence-electron chi connectivity index (χ0n) is 9.89. The van der Waals surface area contributed by atoms with E-state index in [2.05, 4.69) is 0 Å². The number of nitrogens with two attached hydrogens (primary N) is 1. The van der Waals surface area contributed by atoms with Crippen molar-refractivity contribution < 1.29 is 14.3 Å². The summed E-state index contributed by atoms with van der Waals surface area (Å²) >= 11 is 0. The number of hydrogen-bond acceptors (Lipinski definition) is 4. The van der Waals surface area contributed by atoms with E-state index in [1.165, 1.54) is 0 Å². The third kappa shape index (κ3) is 4.36. The van der Waals surface area contributed by atoms with Gasteiger partial charge in [-0.25, -0.2) is 0 Å². The fourth-order valence-electron chi connectivity index (χ4n) is 1.42. The second-order valence-corrected chi connectivity index (χ2v) is 3.69. The number of ether oxygens (including phenoxy) is 1. The Balaban J connectivity index is 2.41. The van der Waals surface area contributed by atoms with Crippen LogP contribution in [0, 0.1) is 0 Å². The average molecular weight is 235 g/mol. The smallest absolute Gasteiger partial charge is 0.322 e. The highest BCUT2D eigenvalue weighted by atomic mass is 16.5. The first kappa shape index (κ1) is 13.4. The molecule has 92 valence electrons. The molecule has 2 N–H and O–H groups in total. The number of benzene rings is 1. The van der Waals surface area contributed by atoms with Crippen LogP contribution in [0.4, 0.5) is 0 Å². The Labute approximate surface area is 101 Å². The summed E-state index contributed by atoms with van der Waals surface area (Å²) in [5, 5.41) is 0. The van der Waals surface area contributed by atoms with Gasteiger partial charge in [0.15, 0.2) is 5.78 Å². The van der Waals surface area contributed by atoms with Crippen LogP contribution >= 0.6 is 0 Å². The van der Waals surface area contributed by atoms with Crippen molar-refractivity contribution in [2.24, 2.45) is 5.73 Å². The molecule has 0 aromatic heterocycles. The molecular weight excluding hydrogens is 218 g/mol. The van der Waals surface area contributed by atoms with Crippen molar-refractivity contribution in [3.63, 3.8) is 0 Å². The molecule has 0 bridgehead atoms. The second kappa shape index (κ2) is 6.81. The van der Waals surface area contributed by atoms with Crippen molar-refractivity contribution in [1.29, 1.82) is 0 Å². The summed E-state index contributed by atoms with van der Waals surface area (Å²) in [5.74, 6) is -0.460. The molecule has 4 nitrogen and oxygen atoms in total. The maximum Gasteiger partial charge on any atom is 0.322 e. The summed E-state index contributed by atoms with van der Waals surface area (Å²) in [6, 6.07) is 8.23. The summed E-state index contributed by atoms with van der Waals surface area (Å²) < 4.78 is 4.77. The van der Waals surface area contributed by atoms with Gasteiger partial charge in [-0.15, -0.1) is 0 Å². The normalized spacial score (nSPS) is 11.9. The maximum atomic E-state index is 11.7. The minimum atomic E-state index is -0.720. The van der Waals surface area contributed by atoms with Crippen molar-refractivity contribution in [3.8, 4) is 0 Å². The van der Waals surface area contributed by atoms with Gasteiger partial charge in [-0.1, -0.05) is 30.3 Å². The predicted octanol–water partition coefficient (Wildman–Crippen LogP) is 1.54. The van der Waals surface area contributed by atoms with Crippen molar-refractivity contribution in [2.75, 3.05) is 6.61 Å². The lowest BCUT2D eigenvalue weighted by molar-refractivity contribution is -0.144. The van der Waals surface area contributed by atoms with Crippen LogP contribution < -0.4 is 5.73 Å². The number of esters is 1. The molecule has 0 amide bonds. The zero-order chi connectivity index (χ0) is 12.7. The molecule has 0 saturated carbocycles. The Morgan fingerprint density at radius 1 is 1.29 bits per heavy atom. The summed E-state index contributed by atoms with van der Waals surface area (Å²) in [6.45, 7) is 2.03. The maximum absolute atomic E-state index is 11.7. The SMILES string of the molecule is CCOC(=O)C(N)CCC(=O)c1ccccc1. The van der Waals surface area contributed by atoms with E-state index in [0.717, 1.165) is 0 Å². The lowest BCUT2D eigenvalue weighted by Gasteiger charge is -2.09. The molecule has 1 aromatic rings. The number of rotatable bonds is 6. The fourth-order valence-corrected chi connectivity index (χ4v) is 1.42. The van der Waals surface area contributed by atoms with Crippen LogP contribution in [0.1, 0.15) is 30.1 Å². The molecule has 1 aromatic carbocycles. The molecule has 1 atom stereocenters. The van der Waals surface area contributed by atoms with Gasteiger partial charge in [0.25, 0.3) is 0 Å². The molecule has 0 heterocycles. The largest absolute Gasteiger partial charge is 0.465 e. The first-order valence-corrected chi connectivity index (χ1v) is 5.65. The zero-order valence-corrected chi connectivity index (χ0v) is 9.89. The Kier molecular flexibility index (Phi) is 5.36. The van der Waals surface area contributed by atoms with Crippen LogP contribution in [0.15, 0.2) is 30.3 Å². The number of carbonyl (C=O) groups is 2. The summed E-state index contributed by atoms with van der Waals surface area (Å²) in [6.07, 6.45) is 0.566. The monoisotopic (exact) mass is 235 g/mol. The van der Waals surface area contributed by atoms with E-state index in [-0.39, 0.29) is 12.2 Å². The molecule has 4 heteroatoms. The van der Waals surface area contributed by atoms with Gasteiger partial charge in [-0.3, -0.25) is 9.59 Å². The highest BCUT2D eigenvalue weighted by Crippen LogP contribution is 2.06. The quantitative estimate of drug-likeness (QED) is 0.599. The summed E-state index contributed by atoms with van der Waals surface area (Å²) in [7, 11) is 0. The number of hydrogen-bond donors (Lipinski definition) is 1.